The fourth-order valence-electron chi connectivity index (χ4n) is 12.1. The monoisotopic (exact) mass is 1740 g/mol. The number of nitrogens with zero attached hydrogens (tertiary/aromatic N) is 16. The Kier molecular flexibility index (Phi) is 27.9. The van der Waals surface area contributed by atoms with Gasteiger partial charge in [0.15, 0.2) is 43.9 Å². The zero-order valence-corrected chi connectivity index (χ0v) is 69.2. The summed E-state index contributed by atoms with van der Waals surface area (Å²) < 4.78 is 20.6. The predicted octanol–water partition coefficient (Wildman–Crippen LogP) is 15.5. The van der Waals surface area contributed by atoms with E-state index in [1.54, 1.807) is 58.9 Å². The number of aromatic nitrogens is 7. The number of methoxy groups -OCH3 is 2. The number of carbonyl (C=O) groups excluding carboxylic acids is 8. The van der Waals surface area contributed by atoms with E-state index in [9.17, 15) is 63.9 Å². The fourth-order valence-corrected chi connectivity index (χ4v) is 15.2. The van der Waals surface area contributed by atoms with Crippen molar-refractivity contribution < 1.29 is 78.1 Å². The van der Waals surface area contributed by atoms with Crippen LogP contribution in [0.2, 0.25) is 0 Å². The number of aromatic hydroxyl groups is 4. The van der Waals surface area contributed by atoms with Gasteiger partial charge in [-0.1, -0.05) is 76.9 Å². The van der Waals surface area contributed by atoms with Crippen LogP contribution in [-0.2, 0) is 9.47 Å². The van der Waals surface area contributed by atoms with Crippen LogP contribution in [0.4, 0.5) is 43.7 Å². The number of amides is 5. The van der Waals surface area contributed by atoms with Gasteiger partial charge in [0.2, 0.25) is 11.8 Å². The smallest absolute Gasteiger partial charge is 0.350 e. The molecule has 0 radical (unpaired) electrons. The van der Waals surface area contributed by atoms with E-state index in [0.29, 0.717) is 102 Å². The van der Waals surface area contributed by atoms with Crippen molar-refractivity contribution in [1.82, 2.24) is 50.3 Å². The number of esters is 1. The van der Waals surface area contributed by atoms with Gasteiger partial charge in [0.25, 0.3) is 28.0 Å². The highest BCUT2D eigenvalue weighted by atomic mass is 32.2. The molecule has 6 aromatic heterocycles. The molecule has 0 atom stereocenters. The summed E-state index contributed by atoms with van der Waals surface area (Å²) in [4.78, 5) is 108. The number of aliphatic hydroxyl groups is 1. The van der Waals surface area contributed by atoms with Crippen LogP contribution in [-0.4, -0.2) is 180 Å². The zero-order chi connectivity index (χ0) is 87.0. The van der Waals surface area contributed by atoms with Crippen LogP contribution < -0.4 is 26.8 Å². The number of azo groups is 4. The minimum Gasteiger partial charge on any atom is -0.505 e. The van der Waals surface area contributed by atoms with Crippen LogP contribution in [0, 0.1) is 13.8 Å². The van der Waals surface area contributed by atoms with Crippen LogP contribution in [0.5, 0.6) is 28.7 Å². The summed E-state index contributed by atoms with van der Waals surface area (Å²) in [5.74, 6) is -4.85. The number of aliphatic hydroxyl groups excluding tert-OH is 1. The second kappa shape index (κ2) is 39.3. The normalized spacial score (nSPS) is 12.0. The first kappa shape index (κ1) is 86.7. The average molecular weight is 1740 g/mol. The molecule has 1 aliphatic heterocycles. The number of rotatable bonds is 21. The lowest BCUT2D eigenvalue weighted by Gasteiger charge is -2.27. The number of nitrogens with two attached hydrogens (primary N) is 2. The van der Waals surface area contributed by atoms with Gasteiger partial charge in [-0.2, -0.15) is 4.37 Å². The number of fused-ring (bicyclic) bond motifs is 4. The Labute approximate surface area is 710 Å². The Morgan fingerprint density at radius 3 is 1.67 bits per heavy atom. The molecular formula is C81H68N20O16S5. The lowest BCUT2D eigenvalue weighted by molar-refractivity contribution is 0.0301. The summed E-state index contributed by atoms with van der Waals surface area (Å²) in [6, 6.07) is 35.4. The molecule has 0 unspecified atom stereocenters. The van der Waals surface area contributed by atoms with Crippen molar-refractivity contribution in [1.29, 1.82) is 0 Å². The molecule has 0 bridgehead atoms. The van der Waals surface area contributed by atoms with Crippen molar-refractivity contribution in [2.75, 3.05) is 67.5 Å². The molecule has 1 fully saturated rings. The molecule has 14 aromatic rings. The highest BCUT2D eigenvalue weighted by Crippen LogP contribution is 2.48. The summed E-state index contributed by atoms with van der Waals surface area (Å²) in [6.07, 6.45) is 6.45. The number of phenols is 4. The molecule has 0 aliphatic carbocycles. The summed E-state index contributed by atoms with van der Waals surface area (Å²) in [6.45, 7) is 4.87. The standard InChI is InChI=1S/C24H17N3O6S.C22H18N6O3S.C19H19N5O4S.C16H14N6O3S2/c1-33-24(32)23-18(6-9-34-23)26-27-20-16-3-2-14(19(29)12-28)10-15(16)11-17(22(20)31)21(30)13-4-7-25-8-5-13;1-11-17(16-5-3-4-8-25-16)22(32-28-11)27-26-18-14-7-6-12(20(23)30)9-13(14)10-15(19(18)29)21(31)24-2;1-11-20-22-19(29-11)23-21-16-15-12(4-3-5-14(15)27-2)10-13(17(16)25)18(26)24-6-8-28-9-7-24;1-18-14(25)10-6-8-5-7(13(17)24)3-4-9(8)11(12(10)23)19-20-15-21-22-16(26-2)27-15/h2-11,28,31H,12H2,1H3;3-10,29H,1-2H3,(H2,23,30)(H,24,31);3-5,10,25H,6-9H2,1-2H3;3-6,23H,1-2H3,(H2,17,24)(H,18,25). The third-order valence-electron chi connectivity index (χ3n) is 18.1. The van der Waals surface area contributed by atoms with Crippen molar-refractivity contribution >= 4 is 191 Å². The maximum Gasteiger partial charge on any atom is 0.350 e. The number of nitrogens with one attached hydrogen (secondary N) is 2. The Morgan fingerprint density at radius 2 is 1.12 bits per heavy atom. The summed E-state index contributed by atoms with van der Waals surface area (Å²) in [5.41, 5.74) is 14.6. The third-order valence-corrected chi connectivity index (χ3v) is 22.3. The van der Waals surface area contributed by atoms with Gasteiger partial charge >= 0.3 is 5.97 Å². The van der Waals surface area contributed by atoms with Crippen LogP contribution in [0.3, 0.4) is 0 Å². The quantitative estimate of drug-likeness (QED) is 0.0140. The molecule has 15 rings (SSSR count). The first-order valence-electron chi connectivity index (χ1n) is 36.0. The number of benzene rings is 8. The van der Waals surface area contributed by atoms with Gasteiger partial charge in [-0.25, -0.2) is 4.79 Å². The summed E-state index contributed by atoms with van der Waals surface area (Å²) >= 11 is 6.22. The van der Waals surface area contributed by atoms with Gasteiger partial charge < -0.3 is 66.7 Å². The van der Waals surface area contributed by atoms with E-state index in [-0.39, 0.29) is 95.4 Å². The van der Waals surface area contributed by atoms with Gasteiger partial charge in [0.1, 0.15) is 50.7 Å². The molecule has 5 amide bonds. The number of hydrogen-bond donors (Lipinski definition) is 9. The topological polar surface area (TPSA) is 534 Å². The average Bonchev–Trinajstić information content (AvgIpc) is 1.10. The van der Waals surface area contributed by atoms with E-state index in [2.05, 4.69) is 86.3 Å². The van der Waals surface area contributed by atoms with Crippen LogP contribution in [0.25, 0.3) is 54.3 Å². The minimum atomic E-state index is -0.673. The zero-order valence-electron chi connectivity index (χ0n) is 65.1. The molecule has 11 N–H and O–H groups in total. The number of hydrogen-bond acceptors (Lipinski definition) is 36. The Hall–Kier alpha value is -14.6. The maximum absolute atomic E-state index is 13.1. The van der Waals surface area contributed by atoms with E-state index >= 15 is 0 Å². The number of ether oxygens (including phenoxy) is 3. The number of aryl methyl sites for hydroxylation is 2. The molecule has 1 saturated heterocycles. The molecule has 0 spiro atoms. The number of morpholine rings is 1. The number of carbonyl (C=O) groups is 8. The highest BCUT2D eigenvalue weighted by molar-refractivity contribution is 8.00. The maximum atomic E-state index is 13.1. The third kappa shape index (κ3) is 19.4. The molecule has 122 heavy (non-hydrogen) atoms. The molecule has 0 saturated carbocycles. The fraction of sp³-hybridized carbons (Fsp3) is 0.148. The Balaban J connectivity index is 0.000000149. The van der Waals surface area contributed by atoms with E-state index in [1.807, 2.05) is 50.4 Å². The van der Waals surface area contributed by atoms with E-state index in [1.165, 1.54) is 136 Å². The van der Waals surface area contributed by atoms with Gasteiger partial charge in [0, 0.05) is 84.2 Å². The molecule has 618 valence electrons. The molecule has 41 heteroatoms. The first-order chi connectivity index (χ1) is 58.9. The van der Waals surface area contributed by atoms with E-state index in [0.717, 1.165) is 43.5 Å². The van der Waals surface area contributed by atoms with Crippen molar-refractivity contribution in [3.05, 3.63) is 218 Å². The highest BCUT2D eigenvalue weighted by Gasteiger charge is 2.29. The van der Waals surface area contributed by atoms with Gasteiger partial charge in [-0.15, -0.1) is 72.6 Å². The second-order valence-corrected chi connectivity index (χ2v) is 30.4. The van der Waals surface area contributed by atoms with E-state index < -0.39 is 53.5 Å². The lowest BCUT2D eigenvalue weighted by atomic mass is 9.96. The summed E-state index contributed by atoms with van der Waals surface area (Å²) in [5, 5.41) is 114. The number of ketones is 2. The first-order valence-corrected chi connectivity index (χ1v) is 40.5. The number of phenolic OH excluding ortho intramolecular Hbond substituents is 4. The minimum absolute atomic E-state index is 0.000931. The molecule has 8 aromatic carbocycles. The second-order valence-electron chi connectivity index (χ2n) is 25.5. The Morgan fingerprint density at radius 1 is 0.574 bits per heavy atom. The summed E-state index contributed by atoms with van der Waals surface area (Å²) in [7, 11) is 5.68. The van der Waals surface area contributed by atoms with Crippen molar-refractivity contribution in [2.45, 2.75) is 18.2 Å². The van der Waals surface area contributed by atoms with Gasteiger partial charge in [-0.05, 0) is 150 Å². The largest absolute Gasteiger partial charge is 0.505 e. The van der Waals surface area contributed by atoms with Crippen LogP contribution in [0.1, 0.15) is 98.4 Å². The van der Waals surface area contributed by atoms with Crippen LogP contribution >= 0.6 is 57.3 Å². The number of thiophene rings is 1. The number of Topliss-reactive ketones (excluding diaryl/α,β-unsaturated/α-hetero) is 1. The molecular weight excluding hydrogens is 1670 g/mol. The lowest BCUT2D eigenvalue weighted by Crippen LogP contribution is -2.40. The van der Waals surface area contributed by atoms with Crippen molar-refractivity contribution in [2.24, 2.45) is 52.4 Å². The van der Waals surface area contributed by atoms with Gasteiger partial charge in [-0.3, -0.25) is 43.5 Å². The van der Waals surface area contributed by atoms with E-state index in [4.69, 9.17) is 25.7 Å². The molecule has 7 heterocycles. The number of primary amides is 2. The van der Waals surface area contributed by atoms with Crippen LogP contribution in [0.15, 0.2) is 203 Å². The molecule has 1 aliphatic rings. The number of thioether (sulfide) groups is 1. The predicted molar refractivity (Wildman–Crippen MR) is 457 cm³/mol. The van der Waals surface area contributed by atoms with Crippen molar-refractivity contribution in [3.63, 3.8) is 0 Å². The van der Waals surface area contributed by atoms with Crippen molar-refractivity contribution in [3.8, 4) is 40.0 Å². The Bertz CT molecular complexity index is 6550. The molecule has 36 nitrogen and oxygen atoms in total. The number of pyridine rings is 2. The van der Waals surface area contributed by atoms with Gasteiger partial charge in [0.05, 0.1) is 72.0 Å². The SMILES string of the molecule is CNC(=O)c1cc2cc(C(N)=O)ccc2c(N=Nc2nnc(SC)s2)c1O.CNC(=O)c1cc2cc(C(N)=O)ccc2c(N=Nc2snc(C)c2-c2ccccn2)c1O.COC(=O)c1sccc1N=Nc1c(O)c(C(=O)c2ccncc2)cc2cc(C(=O)CO)ccc12.COc1cccc2cc(C(=O)N3CCOCC3)c(O)c(N=Nc3nnc(C)s3)c12.